The molecule has 1 aliphatic heterocycles. The van der Waals surface area contributed by atoms with E-state index in [1.54, 1.807) is 13.8 Å². The third-order valence-electron chi connectivity index (χ3n) is 8.24. The zero-order valence-corrected chi connectivity index (χ0v) is 23.9. The number of aromatic nitrogens is 1. The van der Waals surface area contributed by atoms with E-state index in [0.29, 0.717) is 23.4 Å². The van der Waals surface area contributed by atoms with Gasteiger partial charge in [-0.3, -0.25) is 14.7 Å². The van der Waals surface area contributed by atoms with Crippen LogP contribution in [0.1, 0.15) is 74.3 Å². The second-order valence-electron chi connectivity index (χ2n) is 11.3. The summed E-state index contributed by atoms with van der Waals surface area (Å²) in [7, 11) is 0. The number of amidine groups is 1. The largest absolute Gasteiger partial charge is 0.405 e. The normalized spacial score (nSPS) is 16.6. The van der Waals surface area contributed by atoms with Crippen molar-refractivity contribution < 1.29 is 22.5 Å². The molecule has 41 heavy (non-hydrogen) atoms. The van der Waals surface area contributed by atoms with Gasteiger partial charge < -0.3 is 9.42 Å². The molecule has 218 valence electrons. The Morgan fingerprint density at radius 2 is 1.80 bits per heavy atom. The summed E-state index contributed by atoms with van der Waals surface area (Å²) < 4.78 is 46.6. The van der Waals surface area contributed by atoms with Gasteiger partial charge in [-0.25, -0.2) is 0 Å². The Balaban J connectivity index is 1.51. The van der Waals surface area contributed by atoms with E-state index in [2.05, 4.69) is 12.1 Å². The van der Waals surface area contributed by atoms with Crippen LogP contribution in [0.15, 0.2) is 58.0 Å². The Hall–Kier alpha value is -3.62. The van der Waals surface area contributed by atoms with E-state index in [1.165, 1.54) is 4.90 Å². The van der Waals surface area contributed by atoms with Gasteiger partial charge in [0.25, 0.3) is 5.91 Å². The topological polar surface area (TPSA) is 61.9 Å². The van der Waals surface area contributed by atoms with Gasteiger partial charge in [0.15, 0.2) is 5.82 Å². The summed E-state index contributed by atoms with van der Waals surface area (Å²) in [4.78, 5) is 21.7. The number of hydrogen-bond donors (Lipinski definition) is 0. The third kappa shape index (κ3) is 6.19. The maximum Gasteiger partial charge on any atom is 0.405 e. The number of unbranched alkanes of at least 4 members (excludes halogenated alkanes) is 1. The van der Waals surface area contributed by atoms with Gasteiger partial charge >= 0.3 is 6.18 Å². The number of carbonyl (C=O) groups is 1. The molecule has 9 heteroatoms. The molecule has 5 rings (SSSR count). The lowest BCUT2D eigenvalue weighted by atomic mass is 9.96. The fraction of sp³-hybridized carbons (Fsp3) is 0.469. The van der Waals surface area contributed by atoms with Crippen LogP contribution in [0.3, 0.4) is 0 Å². The number of anilines is 1. The van der Waals surface area contributed by atoms with Gasteiger partial charge in [-0.15, -0.1) is 0 Å². The van der Waals surface area contributed by atoms with Crippen LogP contribution < -0.4 is 4.90 Å². The lowest BCUT2D eigenvalue weighted by molar-refractivity contribution is -0.131. The molecule has 0 N–H and O–H groups in total. The van der Waals surface area contributed by atoms with Crippen molar-refractivity contribution >= 4 is 17.6 Å². The number of amides is 1. The van der Waals surface area contributed by atoms with Crippen molar-refractivity contribution in [2.24, 2.45) is 4.99 Å². The molecule has 0 atom stereocenters. The second kappa shape index (κ2) is 11.7. The molecule has 1 aliphatic carbocycles. The molecule has 1 fully saturated rings. The number of nitrogens with zero attached hydrogens (tertiary/aromatic N) is 4. The molecule has 0 radical (unpaired) electrons. The number of aliphatic imine (C=N–C) groups is 1. The molecule has 1 saturated carbocycles. The molecule has 0 unspecified atom stereocenters. The maximum atomic E-state index is 13.8. The molecular formula is C32H37F3N4O2. The molecule has 0 bridgehead atoms. The summed E-state index contributed by atoms with van der Waals surface area (Å²) in [5.41, 5.74) is 3.25. The molecule has 1 aromatic heterocycles. The lowest BCUT2D eigenvalue weighted by Gasteiger charge is -2.26. The summed E-state index contributed by atoms with van der Waals surface area (Å²) in [5.74, 6) is 1.55. The predicted molar refractivity (Wildman–Crippen MR) is 154 cm³/mol. The van der Waals surface area contributed by atoms with Crippen LogP contribution in [0.2, 0.25) is 0 Å². The third-order valence-corrected chi connectivity index (χ3v) is 8.24. The summed E-state index contributed by atoms with van der Waals surface area (Å²) in [5, 5.41) is 3.98. The first-order valence-corrected chi connectivity index (χ1v) is 14.4. The zero-order chi connectivity index (χ0) is 29.2. The van der Waals surface area contributed by atoms with Crippen molar-refractivity contribution in [1.29, 1.82) is 0 Å². The average Bonchev–Trinajstić information content (AvgIpc) is 3.62. The van der Waals surface area contributed by atoms with Gasteiger partial charge in [0.05, 0.1) is 6.54 Å². The van der Waals surface area contributed by atoms with Crippen molar-refractivity contribution in [2.75, 3.05) is 11.4 Å². The smallest absolute Gasteiger partial charge is 0.359 e. The Morgan fingerprint density at radius 3 is 2.44 bits per heavy atom. The van der Waals surface area contributed by atoms with Crippen molar-refractivity contribution in [3.63, 3.8) is 0 Å². The van der Waals surface area contributed by atoms with E-state index in [-0.39, 0.29) is 18.3 Å². The highest BCUT2D eigenvalue weighted by Gasteiger charge is 2.49. The molecule has 0 saturated heterocycles. The van der Waals surface area contributed by atoms with E-state index in [0.717, 1.165) is 67.5 Å². The molecule has 3 aromatic rings. The minimum atomic E-state index is -4.44. The number of halogens is 3. The minimum Gasteiger partial charge on any atom is -0.359 e. The maximum absolute atomic E-state index is 13.8. The Morgan fingerprint density at radius 1 is 1.07 bits per heavy atom. The van der Waals surface area contributed by atoms with Gasteiger partial charge in [-0.2, -0.15) is 13.2 Å². The lowest BCUT2D eigenvalue weighted by Crippen LogP contribution is -2.40. The SMILES string of the molecule is CCCCC1=NC2(CCCC2)C(=O)N1Cc1ccc(-c2ccccc2)c(CN(CC(F)(F)F)c2noc(C)c2C)c1. The molecule has 2 aliphatic rings. The van der Waals surface area contributed by atoms with Crippen LogP contribution in [0.25, 0.3) is 11.1 Å². The van der Waals surface area contributed by atoms with Crippen LogP contribution in [0.4, 0.5) is 19.0 Å². The highest BCUT2D eigenvalue weighted by molar-refractivity contribution is 6.08. The quantitative estimate of drug-likeness (QED) is 0.252. The molecule has 1 spiro atoms. The van der Waals surface area contributed by atoms with Crippen LogP contribution >= 0.6 is 0 Å². The number of hydrogen-bond acceptors (Lipinski definition) is 5. The Bertz CT molecular complexity index is 1410. The fourth-order valence-corrected chi connectivity index (χ4v) is 5.98. The summed E-state index contributed by atoms with van der Waals surface area (Å²) in [6, 6.07) is 15.5. The monoisotopic (exact) mass is 566 g/mol. The van der Waals surface area contributed by atoms with Gasteiger partial charge in [-0.1, -0.05) is 79.9 Å². The first kappa shape index (κ1) is 28.9. The minimum absolute atomic E-state index is 0.0287. The number of rotatable bonds is 10. The standard InChI is InChI=1S/C32H37F3N4O2/c1-4-5-13-28-36-31(16-9-10-17-31)30(40)39(28)19-24-14-15-27(25-11-7-6-8-12-25)26(18-24)20-38(21-32(33,34)35)29-22(2)23(3)41-37-29/h6-8,11-12,14-15,18H,4-5,9-10,13,16-17,19-21H2,1-3H3. The summed E-state index contributed by atoms with van der Waals surface area (Å²) in [6.07, 6.45) is 1.79. The van der Waals surface area contributed by atoms with E-state index in [1.807, 2.05) is 53.4 Å². The van der Waals surface area contributed by atoms with Gasteiger partial charge in [0.1, 0.15) is 23.7 Å². The Kier molecular flexibility index (Phi) is 8.25. The van der Waals surface area contributed by atoms with E-state index >= 15 is 0 Å². The van der Waals surface area contributed by atoms with Crippen molar-refractivity contribution in [3.8, 4) is 11.1 Å². The van der Waals surface area contributed by atoms with E-state index in [4.69, 9.17) is 9.52 Å². The zero-order valence-electron chi connectivity index (χ0n) is 23.9. The molecule has 1 amide bonds. The summed E-state index contributed by atoms with van der Waals surface area (Å²) >= 11 is 0. The van der Waals surface area contributed by atoms with Gasteiger partial charge in [0.2, 0.25) is 0 Å². The number of benzene rings is 2. The van der Waals surface area contributed by atoms with Crippen LogP contribution in [-0.2, 0) is 17.9 Å². The van der Waals surface area contributed by atoms with Gasteiger partial charge in [-0.05, 0) is 55.4 Å². The highest BCUT2D eigenvalue weighted by Crippen LogP contribution is 2.40. The molecule has 2 aromatic carbocycles. The average molecular weight is 567 g/mol. The Labute approximate surface area is 239 Å². The first-order valence-electron chi connectivity index (χ1n) is 14.4. The van der Waals surface area contributed by atoms with E-state index in [9.17, 15) is 18.0 Å². The second-order valence-corrected chi connectivity index (χ2v) is 11.3. The van der Waals surface area contributed by atoms with Crippen LogP contribution in [-0.4, -0.2) is 40.1 Å². The predicted octanol–water partition coefficient (Wildman–Crippen LogP) is 7.77. The van der Waals surface area contributed by atoms with Crippen molar-refractivity contribution in [3.05, 3.63) is 71.0 Å². The van der Waals surface area contributed by atoms with Crippen molar-refractivity contribution in [1.82, 2.24) is 10.1 Å². The summed E-state index contributed by atoms with van der Waals surface area (Å²) in [6.45, 7) is 4.67. The van der Waals surface area contributed by atoms with E-state index < -0.39 is 18.3 Å². The molecule has 6 nitrogen and oxygen atoms in total. The molecular weight excluding hydrogens is 529 g/mol. The number of aryl methyl sites for hydroxylation is 1. The first-order chi connectivity index (χ1) is 19.6. The highest BCUT2D eigenvalue weighted by atomic mass is 19.4. The number of carbonyl (C=O) groups excluding carboxylic acids is 1. The van der Waals surface area contributed by atoms with Crippen LogP contribution in [0, 0.1) is 13.8 Å². The molecule has 2 heterocycles. The van der Waals surface area contributed by atoms with Gasteiger partial charge in [0, 0.05) is 18.5 Å². The van der Waals surface area contributed by atoms with Crippen LogP contribution in [0.5, 0.6) is 0 Å². The fourth-order valence-electron chi connectivity index (χ4n) is 5.98. The van der Waals surface area contributed by atoms with Crippen molar-refractivity contribution in [2.45, 2.75) is 90.5 Å². The number of alkyl halides is 3.